The van der Waals surface area contributed by atoms with Crippen LogP contribution in [0, 0.1) is 5.92 Å². The van der Waals surface area contributed by atoms with Gasteiger partial charge >= 0.3 is 11.8 Å². The Morgan fingerprint density at radius 1 is 1.14 bits per heavy atom. The number of hydrogen-bond acceptors (Lipinski definition) is 6. The third-order valence-electron chi connectivity index (χ3n) is 8.38. The molecule has 0 spiro atoms. The first kappa shape index (κ1) is 28.9. The van der Waals surface area contributed by atoms with Crippen LogP contribution in [0.4, 0.5) is 10.5 Å². The van der Waals surface area contributed by atoms with Gasteiger partial charge < -0.3 is 24.3 Å². The SMILES string of the molecule is C=Cc1cc(C(=O)N(C=C)CC(=O)CCC2CCC(N3CCc4cc(OC)ccc4NC3=O)CC2)cc2oc(=O)[nH]c12. The number of aromatic nitrogens is 1. The van der Waals surface area contributed by atoms with E-state index < -0.39 is 11.7 Å². The summed E-state index contributed by atoms with van der Waals surface area (Å²) in [5.74, 6) is 0.0853. The van der Waals surface area contributed by atoms with Crippen LogP contribution >= 0.6 is 0 Å². The lowest BCUT2D eigenvalue weighted by molar-refractivity contribution is -0.119. The fourth-order valence-corrected chi connectivity index (χ4v) is 6.03. The minimum Gasteiger partial charge on any atom is -0.497 e. The molecule has 2 aromatic carbocycles. The number of oxazole rings is 1. The van der Waals surface area contributed by atoms with Crippen molar-refractivity contribution in [3.63, 3.8) is 0 Å². The fraction of sp³-hybridized carbons (Fsp3) is 0.375. The van der Waals surface area contributed by atoms with E-state index in [2.05, 4.69) is 23.5 Å². The van der Waals surface area contributed by atoms with Crippen LogP contribution in [0.5, 0.6) is 5.75 Å². The molecule has 2 aliphatic rings. The Labute approximate surface area is 244 Å². The summed E-state index contributed by atoms with van der Waals surface area (Å²) in [6, 6.07) is 8.90. The third-order valence-corrected chi connectivity index (χ3v) is 8.38. The summed E-state index contributed by atoms with van der Waals surface area (Å²) < 4.78 is 10.5. The zero-order chi connectivity index (χ0) is 29.8. The predicted molar refractivity (Wildman–Crippen MR) is 161 cm³/mol. The second-order valence-electron chi connectivity index (χ2n) is 10.9. The van der Waals surface area contributed by atoms with Crippen molar-refractivity contribution in [3.05, 3.63) is 76.9 Å². The zero-order valence-electron chi connectivity index (χ0n) is 23.8. The molecular formula is C32H36N4O6. The Morgan fingerprint density at radius 3 is 2.64 bits per heavy atom. The number of carbonyl (C=O) groups excluding carboxylic acids is 3. The van der Waals surface area contributed by atoms with Crippen molar-refractivity contribution in [2.75, 3.05) is 25.5 Å². The average molecular weight is 573 g/mol. The van der Waals surface area contributed by atoms with Crippen LogP contribution in [0.15, 0.2) is 58.9 Å². The van der Waals surface area contributed by atoms with E-state index in [1.54, 1.807) is 13.2 Å². The van der Waals surface area contributed by atoms with Crippen molar-refractivity contribution in [2.24, 2.45) is 5.92 Å². The molecule has 2 heterocycles. The molecule has 0 radical (unpaired) electrons. The number of ether oxygens (including phenoxy) is 1. The minimum absolute atomic E-state index is 0.0522. The summed E-state index contributed by atoms with van der Waals surface area (Å²) in [6.07, 6.45) is 8.41. The van der Waals surface area contributed by atoms with E-state index in [4.69, 9.17) is 9.15 Å². The number of hydrogen-bond donors (Lipinski definition) is 2. The molecule has 0 saturated heterocycles. The van der Waals surface area contributed by atoms with E-state index in [0.717, 1.165) is 55.5 Å². The van der Waals surface area contributed by atoms with E-state index in [1.807, 2.05) is 23.1 Å². The van der Waals surface area contributed by atoms with Gasteiger partial charge in [-0.25, -0.2) is 9.59 Å². The van der Waals surface area contributed by atoms with Gasteiger partial charge in [0.05, 0.1) is 19.2 Å². The van der Waals surface area contributed by atoms with Gasteiger partial charge in [0.2, 0.25) is 0 Å². The number of rotatable bonds is 10. The first-order chi connectivity index (χ1) is 20.3. The molecule has 5 rings (SSSR count). The number of amides is 3. The third kappa shape index (κ3) is 6.17. The fourth-order valence-electron chi connectivity index (χ4n) is 6.03. The van der Waals surface area contributed by atoms with Crippen LogP contribution in [0.25, 0.3) is 17.2 Å². The Hall–Kier alpha value is -4.60. The van der Waals surface area contributed by atoms with Gasteiger partial charge in [0.1, 0.15) is 5.75 Å². The molecule has 1 aliphatic carbocycles. The number of carbonyl (C=O) groups is 3. The van der Waals surface area contributed by atoms with E-state index in [9.17, 15) is 19.2 Å². The van der Waals surface area contributed by atoms with Gasteiger partial charge in [-0.3, -0.25) is 14.6 Å². The minimum atomic E-state index is -0.621. The maximum absolute atomic E-state index is 13.2. The van der Waals surface area contributed by atoms with Crippen molar-refractivity contribution < 1.29 is 23.5 Å². The van der Waals surface area contributed by atoms with E-state index >= 15 is 0 Å². The van der Waals surface area contributed by atoms with E-state index in [0.29, 0.717) is 30.0 Å². The average Bonchev–Trinajstić information content (AvgIpc) is 3.30. The normalized spacial score (nSPS) is 18.5. The largest absolute Gasteiger partial charge is 0.497 e. The van der Waals surface area contributed by atoms with Crippen molar-refractivity contribution in [3.8, 4) is 5.75 Å². The van der Waals surface area contributed by atoms with Crippen LogP contribution < -0.4 is 15.8 Å². The second-order valence-corrected chi connectivity index (χ2v) is 10.9. The molecule has 10 heteroatoms. The summed E-state index contributed by atoms with van der Waals surface area (Å²) in [5.41, 5.74) is 3.43. The number of nitrogens with one attached hydrogen (secondary N) is 2. The molecular weight excluding hydrogens is 536 g/mol. The van der Waals surface area contributed by atoms with Gasteiger partial charge in [-0.05, 0) is 80.3 Å². The van der Waals surface area contributed by atoms with Crippen LogP contribution in [0.2, 0.25) is 0 Å². The first-order valence-corrected chi connectivity index (χ1v) is 14.3. The van der Waals surface area contributed by atoms with Crippen molar-refractivity contribution in [1.29, 1.82) is 0 Å². The van der Waals surface area contributed by atoms with Crippen molar-refractivity contribution >= 4 is 40.6 Å². The number of anilines is 1. The molecule has 220 valence electrons. The van der Waals surface area contributed by atoms with Gasteiger partial charge in [-0.1, -0.05) is 19.2 Å². The number of urea groups is 1. The van der Waals surface area contributed by atoms with Crippen LogP contribution in [0.3, 0.4) is 0 Å². The highest BCUT2D eigenvalue weighted by Gasteiger charge is 2.31. The van der Waals surface area contributed by atoms with Crippen LogP contribution in [0.1, 0.15) is 60.0 Å². The Morgan fingerprint density at radius 2 is 1.93 bits per heavy atom. The lowest BCUT2D eigenvalue weighted by Gasteiger charge is -2.36. The zero-order valence-corrected chi connectivity index (χ0v) is 23.8. The van der Waals surface area contributed by atoms with Crippen LogP contribution in [-0.2, 0) is 11.2 Å². The topological polar surface area (TPSA) is 125 Å². The molecule has 0 unspecified atom stereocenters. The second kappa shape index (κ2) is 12.5. The molecule has 3 aromatic rings. The quantitative estimate of drug-likeness (QED) is 0.337. The van der Waals surface area contributed by atoms with Crippen molar-refractivity contribution in [2.45, 2.75) is 51.0 Å². The van der Waals surface area contributed by atoms with Gasteiger partial charge in [0.25, 0.3) is 5.91 Å². The van der Waals surface area contributed by atoms with Crippen LogP contribution in [-0.4, -0.2) is 58.7 Å². The van der Waals surface area contributed by atoms with Crippen molar-refractivity contribution in [1.82, 2.24) is 14.8 Å². The Balaban J connectivity index is 1.11. The summed E-state index contributed by atoms with van der Waals surface area (Å²) in [5, 5.41) is 3.05. The highest BCUT2D eigenvalue weighted by molar-refractivity contribution is 6.01. The van der Waals surface area contributed by atoms with E-state index in [-0.39, 0.29) is 35.5 Å². The Bertz CT molecular complexity index is 1580. The highest BCUT2D eigenvalue weighted by atomic mass is 16.5. The van der Waals surface area contributed by atoms with E-state index in [1.165, 1.54) is 23.2 Å². The maximum atomic E-state index is 13.2. The number of benzene rings is 2. The monoisotopic (exact) mass is 572 g/mol. The number of ketones is 1. The van der Waals surface area contributed by atoms with Gasteiger partial charge in [0, 0.05) is 42.0 Å². The molecule has 10 nitrogen and oxygen atoms in total. The molecule has 1 fully saturated rings. The lowest BCUT2D eigenvalue weighted by atomic mass is 9.82. The number of methoxy groups -OCH3 is 1. The molecule has 0 bridgehead atoms. The standard InChI is InChI=1S/C32H36N4O6/c1-4-21-16-23(18-28-29(21)34-32(40)42-28)30(38)35(5-2)19-25(37)11-8-20-6-9-24(10-7-20)36-15-14-22-17-26(41-3)12-13-27(22)33-31(36)39/h4-5,12-13,16-18,20,24H,1-2,6-11,14-15,19H2,3H3,(H,33,39)(H,34,40). The molecule has 1 aromatic heterocycles. The number of fused-ring (bicyclic) bond motifs is 2. The highest BCUT2D eigenvalue weighted by Crippen LogP contribution is 2.33. The number of nitrogens with zero attached hydrogens (tertiary/aromatic N) is 2. The lowest BCUT2D eigenvalue weighted by Crippen LogP contribution is -2.44. The summed E-state index contributed by atoms with van der Waals surface area (Å²) in [6.45, 7) is 8.02. The van der Waals surface area contributed by atoms with Gasteiger partial charge in [0.15, 0.2) is 11.4 Å². The molecule has 0 atom stereocenters. The number of H-pyrrole nitrogens is 1. The predicted octanol–water partition coefficient (Wildman–Crippen LogP) is 5.36. The molecule has 3 amide bonds. The molecule has 1 aliphatic heterocycles. The number of Topliss-reactive ketones (excluding diaryl/α,β-unsaturated/α-hetero) is 1. The summed E-state index contributed by atoms with van der Waals surface area (Å²) >= 11 is 0. The Kier molecular flexibility index (Phi) is 8.61. The maximum Gasteiger partial charge on any atom is 0.417 e. The molecule has 1 saturated carbocycles. The molecule has 2 N–H and O–H groups in total. The first-order valence-electron chi connectivity index (χ1n) is 14.3. The molecule has 42 heavy (non-hydrogen) atoms. The summed E-state index contributed by atoms with van der Waals surface area (Å²) in [4.78, 5) is 56.5. The van der Waals surface area contributed by atoms with Gasteiger partial charge in [-0.2, -0.15) is 0 Å². The smallest absolute Gasteiger partial charge is 0.417 e. The van der Waals surface area contributed by atoms with Gasteiger partial charge in [-0.15, -0.1) is 0 Å². The number of aromatic amines is 1. The summed E-state index contributed by atoms with van der Waals surface area (Å²) in [7, 11) is 1.64.